The monoisotopic (exact) mass is 364 g/mol. The minimum Gasteiger partial charge on any atom is -0.467 e. The summed E-state index contributed by atoms with van der Waals surface area (Å²) in [6.45, 7) is -0.178. The molecule has 0 unspecified atom stereocenters. The van der Waals surface area contributed by atoms with Crippen LogP contribution in [0.4, 0.5) is 5.69 Å². The number of carbonyl (C=O) groups is 3. The van der Waals surface area contributed by atoms with Gasteiger partial charge in [-0.25, -0.2) is 0 Å². The van der Waals surface area contributed by atoms with Crippen LogP contribution in [0.1, 0.15) is 18.6 Å². The second kappa shape index (κ2) is 9.48. The molecule has 2 rings (SSSR count). The number of rotatable bonds is 8. The van der Waals surface area contributed by atoms with Crippen molar-refractivity contribution >= 4 is 35.1 Å². The Morgan fingerprint density at radius 1 is 1.08 bits per heavy atom. The van der Waals surface area contributed by atoms with Crippen molar-refractivity contribution in [3.63, 3.8) is 0 Å². The zero-order valence-corrected chi connectivity index (χ0v) is 14.0. The molecule has 2 amide bonds. The largest absolute Gasteiger partial charge is 0.467 e. The summed E-state index contributed by atoms with van der Waals surface area (Å²) in [5.74, 6) is -0.808. The van der Waals surface area contributed by atoms with E-state index in [0.717, 1.165) is 0 Å². The number of hydrogen-bond donors (Lipinski definition) is 2. The third kappa shape index (κ3) is 7.09. The number of hydrogen-bond acceptors (Lipinski definition) is 5. The summed E-state index contributed by atoms with van der Waals surface area (Å²) in [7, 11) is 0. The minimum absolute atomic E-state index is 0.0323. The Hall–Kier alpha value is -2.80. The van der Waals surface area contributed by atoms with E-state index in [-0.39, 0.29) is 25.3 Å². The van der Waals surface area contributed by atoms with Gasteiger partial charge in [-0.2, -0.15) is 0 Å². The number of esters is 1. The van der Waals surface area contributed by atoms with Crippen molar-refractivity contribution in [3.8, 4) is 0 Å². The molecule has 1 aromatic heterocycles. The van der Waals surface area contributed by atoms with Crippen molar-refractivity contribution in [1.29, 1.82) is 0 Å². The number of amides is 2. The molecule has 0 atom stereocenters. The third-order valence-electron chi connectivity index (χ3n) is 3.07. The number of anilines is 1. The average molecular weight is 365 g/mol. The molecule has 0 fully saturated rings. The smallest absolute Gasteiger partial charge is 0.306 e. The Bertz CT molecular complexity index is 730. The van der Waals surface area contributed by atoms with Gasteiger partial charge in [-0.15, -0.1) is 0 Å². The number of nitrogens with one attached hydrogen (secondary N) is 2. The molecule has 8 heteroatoms. The van der Waals surface area contributed by atoms with Gasteiger partial charge in [0.15, 0.2) is 6.61 Å². The molecular formula is C17H17ClN2O5. The first kappa shape index (κ1) is 18.5. The van der Waals surface area contributed by atoms with Gasteiger partial charge >= 0.3 is 5.97 Å². The van der Waals surface area contributed by atoms with Crippen molar-refractivity contribution in [2.75, 3.05) is 11.9 Å². The second-order valence-corrected chi connectivity index (χ2v) is 5.51. The molecule has 0 bridgehead atoms. The lowest BCUT2D eigenvalue weighted by Crippen LogP contribution is -2.24. The first-order valence-corrected chi connectivity index (χ1v) is 7.91. The number of halogens is 1. The van der Waals surface area contributed by atoms with Gasteiger partial charge in [0, 0.05) is 17.1 Å². The van der Waals surface area contributed by atoms with Crippen LogP contribution >= 0.6 is 11.6 Å². The Kier molecular flexibility index (Phi) is 7.03. The lowest BCUT2D eigenvalue weighted by Gasteiger charge is -2.07. The highest BCUT2D eigenvalue weighted by Gasteiger charge is 2.11. The predicted octanol–water partition coefficient (Wildman–Crippen LogP) is 2.51. The van der Waals surface area contributed by atoms with Crippen LogP contribution in [0.15, 0.2) is 47.1 Å². The quantitative estimate of drug-likeness (QED) is 0.701. The topological polar surface area (TPSA) is 97.6 Å². The summed E-state index contributed by atoms with van der Waals surface area (Å²) in [5, 5.41) is 5.64. The Morgan fingerprint density at radius 2 is 1.92 bits per heavy atom. The van der Waals surface area contributed by atoms with E-state index < -0.39 is 18.5 Å². The molecule has 0 aliphatic heterocycles. The van der Waals surface area contributed by atoms with Gasteiger partial charge in [0.25, 0.3) is 5.91 Å². The normalized spacial score (nSPS) is 10.1. The standard InChI is InChI=1S/C17H17ClN2O5/c18-12-3-1-4-13(9-12)20-16(22)11-25-17(23)7-6-15(21)19-10-14-5-2-8-24-14/h1-5,8-9H,6-7,10-11H2,(H,19,21)(H,20,22). The van der Waals surface area contributed by atoms with Crippen molar-refractivity contribution in [2.24, 2.45) is 0 Å². The van der Waals surface area contributed by atoms with E-state index in [2.05, 4.69) is 10.6 Å². The lowest BCUT2D eigenvalue weighted by molar-refractivity contribution is -0.148. The van der Waals surface area contributed by atoms with Gasteiger partial charge in [-0.1, -0.05) is 17.7 Å². The average Bonchev–Trinajstić information content (AvgIpc) is 3.10. The van der Waals surface area contributed by atoms with E-state index in [4.69, 9.17) is 20.8 Å². The number of furan rings is 1. The van der Waals surface area contributed by atoms with Crippen LogP contribution < -0.4 is 10.6 Å². The van der Waals surface area contributed by atoms with E-state index in [0.29, 0.717) is 16.5 Å². The minimum atomic E-state index is -0.630. The van der Waals surface area contributed by atoms with Crippen molar-refractivity contribution < 1.29 is 23.5 Å². The zero-order valence-electron chi connectivity index (χ0n) is 13.3. The van der Waals surface area contributed by atoms with Crippen LogP contribution in [0.25, 0.3) is 0 Å². The highest BCUT2D eigenvalue weighted by Crippen LogP contribution is 2.14. The van der Waals surface area contributed by atoms with E-state index in [1.54, 1.807) is 36.4 Å². The van der Waals surface area contributed by atoms with E-state index >= 15 is 0 Å². The van der Waals surface area contributed by atoms with Crippen molar-refractivity contribution in [1.82, 2.24) is 5.32 Å². The van der Waals surface area contributed by atoms with Crippen molar-refractivity contribution in [2.45, 2.75) is 19.4 Å². The van der Waals surface area contributed by atoms with Crippen LogP contribution in [0.5, 0.6) is 0 Å². The molecular weight excluding hydrogens is 348 g/mol. The van der Waals surface area contributed by atoms with Gasteiger partial charge in [-0.3, -0.25) is 14.4 Å². The first-order valence-electron chi connectivity index (χ1n) is 7.53. The van der Waals surface area contributed by atoms with E-state index in [9.17, 15) is 14.4 Å². The molecule has 0 spiro atoms. The SMILES string of the molecule is O=C(CCC(=O)OCC(=O)Nc1cccc(Cl)c1)NCc1ccco1. The zero-order chi connectivity index (χ0) is 18.1. The number of ether oxygens (including phenoxy) is 1. The molecule has 1 heterocycles. The molecule has 25 heavy (non-hydrogen) atoms. The summed E-state index contributed by atoms with van der Waals surface area (Å²) >= 11 is 5.80. The summed E-state index contributed by atoms with van der Waals surface area (Å²) in [5.41, 5.74) is 0.505. The van der Waals surface area contributed by atoms with Crippen LogP contribution in [-0.4, -0.2) is 24.4 Å². The summed E-state index contributed by atoms with van der Waals surface area (Å²) in [6, 6.07) is 10.0. The fourth-order valence-corrected chi connectivity index (χ4v) is 2.07. The number of benzene rings is 1. The maximum Gasteiger partial charge on any atom is 0.306 e. The second-order valence-electron chi connectivity index (χ2n) is 5.08. The molecule has 132 valence electrons. The molecule has 7 nitrogen and oxygen atoms in total. The summed E-state index contributed by atoms with van der Waals surface area (Å²) in [6.07, 6.45) is 1.36. The van der Waals surface area contributed by atoms with Gasteiger partial charge in [0.05, 0.1) is 19.2 Å². The van der Waals surface area contributed by atoms with Crippen LogP contribution in [-0.2, 0) is 25.7 Å². The fourth-order valence-electron chi connectivity index (χ4n) is 1.88. The van der Waals surface area contributed by atoms with E-state index in [1.165, 1.54) is 6.26 Å². The Morgan fingerprint density at radius 3 is 2.64 bits per heavy atom. The molecule has 2 aromatic rings. The maximum absolute atomic E-state index is 11.7. The Balaban J connectivity index is 1.61. The van der Waals surface area contributed by atoms with Crippen molar-refractivity contribution in [3.05, 3.63) is 53.4 Å². The number of carbonyl (C=O) groups excluding carboxylic acids is 3. The van der Waals surface area contributed by atoms with Gasteiger partial charge in [-0.05, 0) is 30.3 Å². The molecule has 1 aromatic carbocycles. The van der Waals surface area contributed by atoms with Crippen LogP contribution in [0.2, 0.25) is 5.02 Å². The van der Waals surface area contributed by atoms with E-state index in [1.807, 2.05) is 0 Å². The molecule has 0 radical (unpaired) electrons. The fraction of sp³-hybridized carbons (Fsp3) is 0.235. The molecule has 0 saturated carbocycles. The molecule has 0 aliphatic carbocycles. The van der Waals surface area contributed by atoms with Gasteiger partial charge in [0.2, 0.25) is 5.91 Å². The first-order chi connectivity index (χ1) is 12.0. The summed E-state index contributed by atoms with van der Waals surface area (Å²) < 4.78 is 9.90. The summed E-state index contributed by atoms with van der Waals surface area (Å²) in [4.78, 5) is 34.9. The maximum atomic E-state index is 11.7. The van der Waals surface area contributed by atoms with Gasteiger partial charge in [0.1, 0.15) is 5.76 Å². The molecule has 2 N–H and O–H groups in total. The highest BCUT2D eigenvalue weighted by atomic mass is 35.5. The van der Waals surface area contributed by atoms with Gasteiger partial charge < -0.3 is 19.8 Å². The molecule has 0 aliphatic rings. The Labute approximate surface area is 149 Å². The van der Waals surface area contributed by atoms with Crippen LogP contribution in [0, 0.1) is 0 Å². The lowest BCUT2D eigenvalue weighted by atomic mass is 10.3. The third-order valence-corrected chi connectivity index (χ3v) is 3.30. The molecule has 0 saturated heterocycles. The highest BCUT2D eigenvalue weighted by molar-refractivity contribution is 6.30. The van der Waals surface area contributed by atoms with Crippen LogP contribution in [0.3, 0.4) is 0 Å². The predicted molar refractivity (Wildman–Crippen MR) is 90.8 cm³/mol.